The maximum absolute atomic E-state index is 13.3. The summed E-state index contributed by atoms with van der Waals surface area (Å²) in [6.07, 6.45) is 1.67. The van der Waals surface area contributed by atoms with E-state index in [4.69, 9.17) is 9.47 Å². The van der Waals surface area contributed by atoms with Crippen LogP contribution in [0.25, 0.3) is 37.5 Å². The highest BCUT2D eigenvalue weighted by Gasteiger charge is 2.17. The van der Waals surface area contributed by atoms with E-state index in [9.17, 15) is 4.79 Å². The maximum Gasteiger partial charge on any atom is 0.283 e. The van der Waals surface area contributed by atoms with Crippen LogP contribution in [0.5, 0.6) is 11.5 Å². The van der Waals surface area contributed by atoms with Crippen LogP contribution in [0.15, 0.2) is 59.5 Å². The molecule has 1 N–H and O–H groups in total. The number of methoxy groups -OCH3 is 2. The second kappa shape index (κ2) is 6.75. The Morgan fingerprint density at radius 3 is 2.66 bits per heavy atom. The molecule has 0 bridgehead atoms. The highest BCUT2D eigenvalue weighted by atomic mass is 32.1. The first-order chi connectivity index (χ1) is 14.2. The third-order valence-corrected chi connectivity index (χ3v) is 5.78. The Morgan fingerprint density at radius 2 is 1.86 bits per heavy atom. The molecule has 2 aromatic carbocycles. The number of nitrogens with zero attached hydrogens (tertiary/aromatic N) is 3. The molecule has 0 amide bonds. The first-order valence-electron chi connectivity index (χ1n) is 8.87. The number of thiazole rings is 1. The molecule has 0 aliphatic rings. The topological polar surface area (TPSA) is 82.0 Å². The number of rotatable bonds is 4. The number of H-pyrrole nitrogens is 1. The largest absolute Gasteiger partial charge is 0.493 e. The third-order valence-electron chi connectivity index (χ3n) is 4.75. The number of para-hydroxylation sites is 1. The monoisotopic (exact) mass is 404 g/mol. The summed E-state index contributed by atoms with van der Waals surface area (Å²) in [5, 5.41) is 4.16. The van der Waals surface area contributed by atoms with Crippen LogP contribution >= 0.6 is 11.3 Å². The smallest absolute Gasteiger partial charge is 0.283 e. The standard InChI is InChI=1S/C21H16N4O3S/c1-27-15-8-7-12(11-16(15)28-2)13-9-10-22-19-18(13)20(26)25(24-19)21-23-14-5-3-4-6-17(14)29-21/h3-11H,1-2H3,(H,22,24). The van der Waals surface area contributed by atoms with Gasteiger partial charge in [0.15, 0.2) is 17.1 Å². The van der Waals surface area contributed by atoms with Crippen LogP contribution in [-0.4, -0.2) is 34.0 Å². The molecular weight excluding hydrogens is 388 g/mol. The summed E-state index contributed by atoms with van der Waals surface area (Å²) in [6, 6.07) is 15.2. The zero-order valence-corrected chi connectivity index (χ0v) is 16.5. The minimum absolute atomic E-state index is 0.197. The van der Waals surface area contributed by atoms with Gasteiger partial charge in [0.05, 0.1) is 29.8 Å². The van der Waals surface area contributed by atoms with Crippen molar-refractivity contribution >= 4 is 32.6 Å². The van der Waals surface area contributed by atoms with Gasteiger partial charge in [-0.3, -0.25) is 9.89 Å². The van der Waals surface area contributed by atoms with Crippen molar-refractivity contribution in [2.24, 2.45) is 0 Å². The molecule has 0 radical (unpaired) electrons. The van der Waals surface area contributed by atoms with Crippen molar-refractivity contribution in [3.05, 3.63) is 65.1 Å². The summed E-state index contributed by atoms with van der Waals surface area (Å²) in [5.74, 6) is 1.22. The molecule has 0 saturated carbocycles. The van der Waals surface area contributed by atoms with E-state index in [1.54, 1.807) is 20.4 Å². The van der Waals surface area contributed by atoms with Crippen LogP contribution in [0.1, 0.15) is 0 Å². The third kappa shape index (κ3) is 2.76. The van der Waals surface area contributed by atoms with Gasteiger partial charge < -0.3 is 9.47 Å². The van der Waals surface area contributed by atoms with Gasteiger partial charge in [0.2, 0.25) is 5.13 Å². The number of fused-ring (bicyclic) bond motifs is 2. The molecule has 0 atom stereocenters. The van der Waals surface area contributed by atoms with Gasteiger partial charge in [-0.2, -0.15) is 4.68 Å². The average molecular weight is 404 g/mol. The normalized spacial score (nSPS) is 11.2. The lowest BCUT2D eigenvalue weighted by molar-refractivity contribution is 0.355. The molecule has 29 heavy (non-hydrogen) atoms. The molecule has 0 saturated heterocycles. The van der Waals surface area contributed by atoms with E-state index in [-0.39, 0.29) is 5.56 Å². The van der Waals surface area contributed by atoms with Gasteiger partial charge in [-0.15, -0.1) is 0 Å². The lowest BCUT2D eigenvalue weighted by Crippen LogP contribution is -2.14. The summed E-state index contributed by atoms with van der Waals surface area (Å²) < 4.78 is 13.2. The predicted octanol–water partition coefficient (Wildman–Crippen LogP) is 4.01. The first kappa shape index (κ1) is 17.4. The van der Waals surface area contributed by atoms with Crippen molar-refractivity contribution in [1.82, 2.24) is 19.7 Å². The van der Waals surface area contributed by atoms with Gasteiger partial charge in [0, 0.05) is 6.20 Å². The zero-order chi connectivity index (χ0) is 20.0. The molecule has 0 unspecified atom stereocenters. The highest BCUT2D eigenvalue weighted by Crippen LogP contribution is 2.34. The molecular formula is C21H16N4O3S. The van der Waals surface area contributed by atoms with Crippen molar-refractivity contribution in [3.63, 3.8) is 0 Å². The average Bonchev–Trinajstić information content (AvgIpc) is 3.34. The fourth-order valence-corrected chi connectivity index (χ4v) is 4.29. The van der Waals surface area contributed by atoms with E-state index in [0.717, 1.165) is 21.3 Å². The molecule has 3 aromatic heterocycles. The summed E-state index contributed by atoms with van der Waals surface area (Å²) >= 11 is 1.45. The SMILES string of the molecule is COc1ccc(-c2ccnc3[nH]n(-c4nc5ccccc5s4)c(=O)c23)cc1OC. The Hall–Kier alpha value is -3.65. The Balaban J connectivity index is 1.72. The van der Waals surface area contributed by atoms with E-state index in [2.05, 4.69) is 15.1 Å². The van der Waals surface area contributed by atoms with Gasteiger partial charge >= 0.3 is 0 Å². The molecule has 0 spiro atoms. The van der Waals surface area contributed by atoms with Crippen molar-refractivity contribution in [2.75, 3.05) is 14.2 Å². The quantitative estimate of drug-likeness (QED) is 0.489. The van der Waals surface area contributed by atoms with Crippen LogP contribution in [0, 0.1) is 0 Å². The minimum atomic E-state index is -0.197. The number of pyridine rings is 1. The predicted molar refractivity (Wildman–Crippen MR) is 113 cm³/mol. The lowest BCUT2D eigenvalue weighted by atomic mass is 10.0. The van der Waals surface area contributed by atoms with Crippen LogP contribution < -0.4 is 15.0 Å². The van der Waals surface area contributed by atoms with Gasteiger partial charge in [-0.1, -0.05) is 29.5 Å². The molecule has 7 nitrogen and oxygen atoms in total. The number of benzene rings is 2. The van der Waals surface area contributed by atoms with Crippen LogP contribution in [0.2, 0.25) is 0 Å². The van der Waals surface area contributed by atoms with Gasteiger partial charge in [-0.05, 0) is 41.5 Å². The number of hydrogen-bond donors (Lipinski definition) is 1. The molecule has 0 fully saturated rings. The first-order valence-corrected chi connectivity index (χ1v) is 9.69. The number of hydrogen-bond acceptors (Lipinski definition) is 6. The fourth-order valence-electron chi connectivity index (χ4n) is 3.37. The van der Waals surface area contributed by atoms with Gasteiger partial charge in [0.25, 0.3) is 5.56 Å². The number of aromatic nitrogens is 4. The lowest BCUT2D eigenvalue weighted by Gasteiger charge is -2.09. The Bertz CT molecular complexity index is 1380. The number of aromatic amines is 1. The maximum atomic E-state index is 13.3. The van der Waals surface area contributed by atoms with Crippen LogP contribution in [0.4, 0.5) is 0 Å². The van der Waals surface area contributed by atoms with Gasteiger partial charge in [0.1, 0.15) is 0 Å². The van der Waals surface area contributed by atoms with E-state index in [0.29, 0.717) is 27.7 Å². The minimum Gasteiger partial charge on any atom is -0.493 e. The highest BCUT2D eigenvalue weighted by molar-refractivity contribution is 7.20. The van der Waals surface area contributed by atoms with E-state index in [1.165, 1.54) is 16.0 Å². The second-order valence-electron chi connectivity index (χ2n) is 6.37. The molecule has 0 aliphatic heterocycles. The Kier molecular flexibility index (Phi) is 4.06. The molecule has 5 rings (SSSR count). The molecule has 5 aromatic rings. The molecule has 144 valence electrons. The molecule has 8 heteroatoms. The van der Waals surface area contributed by atoms with Crippen molar-refractivity contribution in [3.8, 4) is 27.8 Å². The van der Waals surface area contributed by atoms with Crippen molar-refractivity contribution in [2.45, 2.75) is 0 Å². The van der Waals surface area contributed by atoms with Crippen molar-refractivity contribution in [1.29, 1.82) is 0 Å². The van der Waals surface area contributed by atoms with E-state index in [1.807, 2.05) is 48.5 Å². The summed E-state index contributed by atoms with van der Waals surface area (Å²) in [5.41, 5.74) is 2.75. The van der Waals surface area contributed by atoms with Crippen LogP contribution in [-0.2, 0) is 0 Å². The number of ether oxygens (including phenoxy) is 2. The Morgan fingerprint density at radius 1 is 1.03 bits per heavy atom. The number of nitrogens with one attached hydrogen (secondary N) is 1. The molecule has 0 aliphatic carbocycles. The summed E-state index contributed by atoms with van der Waals surface area (Å²) in [6.45, 7) is 0. The second-order valence-corrected chi connectivity index (χ2v) is 7.38. The van der Waals surface area contributed by atoms with Crippen molar-refractivity contribution < 1.29 is 9.47 Å². The van der Waals surface area contributed by atoms with E-state index < -0.39 is 0 Å². The fraction of sp³-hybridized carbons (Fsp3) is 0.0952. The molecule has 3 heterocycles. The zero-order valence-electron chi connectivity index (χ0n) is 15.7. The van der Waals surface area contributed by atoms with Gasteiger partial charge in [-0.25, -0.2) is 9.97 Å². The Labute approximate surface area is 169 Å². The summed E-state index contributed by atoms with van der Waals surface area (Å²) in [7, 11) is 3.17. The van der Waals surface area contributed by atoms with E-state index >= 15 is 0 Å². The summed E-state index contributed by atoms with van der Waals surface area (Å²) in [4.78, 5) is 22.2. The van der Waals surface area contributed by atoms with Crippen LogP contribution in [0.3, 0.4) is 0 Å².